The maximum Gasteiger partial charge on any atom is 0.326 e. The molecule has 0 unspecified atom stereocenters. The van der Waals surface area contributed by atoms with Gasteiger partial charge in [-0.05, 0) is 62.0 Å². The van der Waals surface area contributed by atoms with Crippen LogP contribution in [0, 0.1) is 11.8 Å². The molecule has 452 valence electrons. The second-order valence-electron chi connectivity index (χ2n) is 19.9. The summed E-state index contributed by atoms with van der Waals surface area (Å²) in [6.07, 6.45) is -1.28. The van der Waals surface area contributed by atoms with Crippen LogP contribution in [-0.2, 0) is 68.7 Å². The largest absolute Gasteiger partial charge is 0.481 e. The van der Waals surface area contributed by atoms with Crippen molar-refractivity contribution in [3.05, 3.63) is 36.0 Å². The number of carbonyl (C=O) groups is 13. The lowest BCUT2D eigenvalue weighted by molar-refractivity contribution is -0.144. The molecular formula is C51H76N14O17. The molecule has 2 heterocycles. The van der Waals surface area contributed by atoms with Gasteiger partial charge in [-0.1, -0.05) is 52.3 Å². The van der Waals surface area contributed by atoms with E-state index in [1.807, 2.05) is 0 Å². The molecule has 9 amide bonds. The molecule has 1 saturated heterocycles. The van der Waals surface area contributed by atoms with Crippen molar-refractivity contribution in [2.75, 3.05) is 26.2 Å². The molecule has 31 heteroatoms. The first kappa shape index (κ1) is 67.4. The summed E-state index contributed by atoms with van der Waals surface area (Å²) in [5, 5.41) is 58.2. The fraction of sp³-hybridized carbons (Fsp3) is 0.569. The number of nitrogens with one attached hydrogen (secondary N) is 9. The molecular weight excluding hydrogens is 1080 g/mol. The summed E-state index contributed by atoms with van der Waals surface area (Å²) in [4.78, 5) is 178. The van der Waals surface area contributed by atoms with Crippen molar-refractivity contribution >= 4 is 93.9 Å². The molecule has 0 radical (unpaired) electrons. The number of fused-ring (bicyclic) bond motifs is 1. The quantitative estimate of drug-likeness (QED) is 0.0179. The van der Waals surface area contributed by atoms with Crippen molar-refractivity contribution < 1.29 is 82.8 Å². The number of aliphatic carboxylic acids is 4. The van der Waals surface area contributed by atoms with Crippen LogP contribution in [0.5, 0.6) is 0 Å². The minimum Gasteiger partial charge on any atom is -0.481 e. The van der Waals surface area contributed by atoms with Crippen LogP contribution in [0.2, 0.25) is 0 Å². The van der Waals surface area contributed by atoms with Gasteiger partial charge in [0.25, 0.3) is 0 Å². The third-order valence-electron chi connectivity index (χ3n) is 13.4. The molecule has 19 N–H and O–H groups in total. The SMILES string of the molecule is CC[C@H](C)[C@H](NC(=O)[C@H](CCC(=O)O)NC(=O)[C@@H](NC(=O)[C@H](CCCN=C(N)N)NC(=O)CNC(=O)[C@H](CCC(=O)O)NC(=O)[C@H](CC(=O)O)NC(=O)[C@H](Cc1c[nH]c2ccccc12)NC(=O)[C@@H]1CCCN1C(=O)CN)C(C)C)C(=O)O. The number of likely N-dealkylation sites (tertiary alicyclic amines) is 1. The maximum absolute atomic E-state index is 14.2. The number of hydrogen-bond donors (Lipinski definition) is 16. The van der Waals surface area contributed by atoms with Crippen molar-refractivity contribution in [1.29, 1.82) is 0 Å². The molecule has 0 aliphatic carbocycles. The van der Waals surface area contributed by atoms with Crippen LogP contribution in [-0.4, -0.2) is 188 Å². The molecule has 1 aliphatic rings. The Balaban J connectivity index is 1.84. The molecule has 1 aliphatic heterocycles. The first-order valence-corrected chi connectivity index (χ1v) is 26.5. The number of benzene rings is 1. The highest BCUT2D eigenvalue weighted by molar-refractivity contribution is 5.99. The lowest BCUT2D eigenvalue weighted by Gasteiger charge is -2.28. The van der Waals surface area contributed by atoms with Gasteiger partial charge in [-0.3, -0.25) is 62.5 Å². The monoisotopic (exact) mass is 1160 g/mol. The van der Waals surface area contributed by atoms with Gasteiger partial charge in [0.15, 0.2) is 5.96 Å². The second kappa shape index (κ2) is 33.0. The summed E-state index contributed by atoms with van der Waals surface area (Å²) in [6, 6.07) is -5.17. The van der Waals surface area contributed by atoms with E-state index in [0.29, 0.717) is 29.3 Å². The lowest BCUT2D eigenvalue weighted by Crippen LogP contribution is -2.60. The number of aromatic nitrogens is 1. The third kappa shape index (κ3) is 21.6. The number of hydrogen-bond acceptors (Lipinski definition) is 15. The van der Waals surface area contributed by atoms with Gasteiger partial charge >= 0.3 is 23.9 Å². The number of carboxylic acids is 4. The highest BCUT2D eigenvalue weighted by Crippen LogP contribution is 2.22. The van der Waals surface area contributed by atoms with Gasteiger partial charge in [-0.15, -0.1) is 0 Å². The summed E-state index contributed by atoms with van der Waals surface area (Å²) in [5.41, 5.74) is 17.6. The Bertz CT molecular complexity index is 2680. The average molecular weight is 1160 g/mol. The Hall–Kier alpha value is -8.90. The fourth-order valence-electron chi connectivity index (χ4n) is 8.75. The van der Waals surface area contributed by atoms with Crippen LogP contribution in [0.15, 0.2) is 35.5 Å². The third-order valence-corrected chi connectivity index (χ3v) is 13.4. The van der Waals surface area contributed by atoms with Gasteiger partial charge < -0.3 is 90.0 Å². The average Bonchev–Trinajstić information content (AvgIpc) is 4.22. The maximum atomic E-state index is 14.2. The number of nitrogens with zero attached hydrogens (tertiary/aromatic N) is 2. The Labute approximate surface area is 470 Å². The van der Waals surface area contributed by atoms with E-state index in [1.165, 1.54) is 18.7 Å². The molecule has 0 bridgehead atoms. The smallest absolute Gasteiger partial charge is 0.326 e. The summed E-state index contributed by atoms with van der Waals surface area (Å²) in [6.45, 7) is 5.15. The number of aromatic amines is 1. The highest BCUT2D eigenvalue weighted by atomic mass is 16.4. The summed E-state index contributed by atoms with van der Waals surface area (Å²) in [7, 11) is 0. The van der Waals surface area contributed by atoms with Crippen LogP contribution in [0.4, 0.5) is 0 Å². The van der Waals surface area contributed by atoms with Gasteiger partial charge in [-0.25, -0.2) is 4.79 Å². The number of rotatable bonds is 35. The molecule has 1 fully saturated rings. The van der Waals surface area contributed by atoms with Crippen LogP contribution in [0.3, 0.4) is 0 Å². The Kier molecular flexibility index (Phi) is 27.1. The van der Waals surface area contributed by atoms with Gasteiger partial charge in [-0.2, -0.15) is 0 Å². The van der Waals surface area contributed by atoms with Crippen molar-refractivity contribution in [2.24, 2.45) is 34.0 Å². The van der Waals surface area contributed by atoms with Crippen molar-refractivity contribution in [3.63, 3.8) is 0 Å². The van der Waals surface area contributed by atoms with E-state index in [2.05, 4.69) is 52.5 Å². The fourth-order valence-corrected chi connectivity index (χ4v) is 8.75. The Morgan fingerprint density at radius 1 is 0.683 bits per heavy atom. The van der Waals surface area contributed by atoms with Crippen molar-refractivity contribution in [2.45, 2.75) is 147 Å². The van der Waals surface area contributed by atoms with Gasteiger partial charge in [0.05, 0.1) is 19.5 Å². The number of nitrogens with two attached hydrogens (primary N) is 3. The van der Waals surface area contributed by atoms with Crippen molar-refractivity contribution in [1.82, 2.24) is 52.4 Å². The van der Waals surface area contributed by atoms with E-state index in [0.717, 1.165) is 0 Å². The zero-order chi connectivity index (χ0) is 61.4. The zero-order valence-electron chi connectivity index (χ0n) is 46.0. The minimum absolute atomic E-state index is 0.0436. The van der Waals surface area contributed by atoms with E-state index in [-0.39, 0.29) is 51.3 Å². The molecule has 1 aromatic heterocycles. The summed E-state index contributed by atoms with van der Waals surface area (Å²) < 4.78 is 0. The number of aliphatic imine (C=N–C) groups is 1. The summed E-state index contributed by atoms with van der Waals surface area (Å²) >= 11 is 0. The van der Waals surface area contributed by atoms with E-state index in [1.54, 1.807) is 44.3 Å². The molecule has 82 heavy (non-hydrogen) atoms. The minimum atomic E-state index is -1.96. The first-order valence-electron chi connectivity index (χ1n) is 26.5. The number of H-pyrrole nitrogens is 1. The van der Waals surface area contributed by atoms with E-state index < -0.39 is 176 Å². The molecule has 1 aromatic carbocycles. The van der Waals surface area contributed by atoms with Crippen LogP contribution in [0.25, 0.3) is 10.9 Å². The van der Waals surface area contributed by atoms with Crippen LogP contribution < -0.4 is 59.7 Å². The lowest BCUT2D eigenvalue weighted by atomic mass is 9.98. The second-order valence-corrected chi connectivity index (χ2v) is 19.9. The Morgan fingerprint density at radius 2 is 1.24 bits per heavy atom. The summed E-state index contributed by atoms with van der Waals surface area (Å²) in [5.74, 6) is -16.1. The molecule has 0 saturated carbocycles. The van der Waals surface area contributed by atoms with E-state index in [4.69, 9.17) is 17.2 Å². The molecule has 0 spiro atoms. The standard InChI is InChI=1S/C51H76N14O17/c1-5-26(4)42(50(81)82)64-45(76)32(15-17-39(70)71)60-49(80)41(25(2)3)63-44(75)30(12-8-18-55-51(53)54)58-36(66)24-57-43(74)31(14-16-38(68)69)59-47(78)34(21-40(72)73)61-46(77)33(20-27-23-56-29-11-7-6-10-28(27)29)62-48(79)35-13-9-19-65(35)37(67)22-52/h6-7,10-11,23,25-26,30-35,41-42,56H,5,8-9,12-22,24,52H2,1-4H3,(H,57,74)(H,58,66)(H,59,78)(H,60,80)(H,61,77)(H,62,79)(H,63,75)(H,64,76)(H,68,69)(H,70,71)(H,72,73)(H,81,82)(H4,53,54,55)/t26-,30-,31-,32-,33-,34-,35-,41-,42-/m0/s1. The van der Waals surface area contributed by atoms with Gasteiger partial charge in [0.2, 0.25) is 53.2 Å². The molecule has 3 rings (SSSR count). The van der Waals surface area contributed by atoms with E-state index in [9.17, 15) is 82.8 Å². The van der Waals surface area contributed by atoms with Crippen LogP contribution in [0.1, 0.15) is 97.5 Å². The molecule has 9 atom stereocenters. The van der Waals surface area contributed by atoms with Gasteiger partial charge in [0.1, 0.15) is 48.3 Å². The number of para-hydroxylation sites is 1. The molecule has 31 nitrogen and oxygen atoms in total. The number of carboxylic acid groups (broad SMARTS) is 4. The van der Waals surface area contributed by atoms with Crippen molar-refractivity contribution in [3.8, 4) is 0 Å². The molecule has 2 aromatic rings. The van der Waals surface area contributed by atoms with Crippen LogP contribution >= 0.6 is 0 Å². The number of amides is 9. The number of guanidine groups is 1. The topological polar surface area (TPSA) is 509 Å². The van der Waals surface area contributed by atoms with Gasteiger partial charge in [0, 0.05) is 49.5 Å². The van der Waals surface area contributed by atoms with E-state index >= 15 is 0 Å². The Morgan fingerprint density at radius 3 is 1.82 bits per heavy atom. The predicted molar refractivity (Wildman–Crippen MR) is 290 cm³/mol. The normalized spacial score (nSPS) is 15.8. The zero-order valence-corrected chi connectivity index (χ0v) is 46.0. The predicted octanol–water partition coefficient (Wildman–Crippen LogP) is -3.79. The first-order chi connectivity index (χ1) is 38.7. The number of carbonyl (C=O) groups excluding carboxylic acids is 9. The highest BCUT2D eigenvalue weighted by Gasteiger charge is 2.38.